The van der Waals surface area contributed by atoms with Crippen molar-refractivity contribution >= 4 is 22.5 Å². The van der Waals surface area contributed by atoms with E-state index in [1.54, 1.807) is 12.1 Å². The molecule has 0 aliphatic carbocycles. The van der Waals surface area contributed by atoms with Crippen LogP contribution in [-0.4, -0.2) is 4.98 Å². The van der Waals surface area contributed by atoms with E-state index in [0.29, 0.717) is 17.4 Å². The summed E-state index contributed by atoms with van der Waals surface area (Å²) in [4.78, 5) is 3.21. The standard InChI is InChI=1S/C15H11ClFNO/c16-14-3-1-2-10-8-12(18-15(10)14)9-19-13-6-4-11(17)5-7-13/h1-8,18H,9H2. The van der Waals surface area contributed by atoms with Gasteiger partial charge in [0.15, 0.2) is 0 Å². The van der Waals surface area contributed by atoms with Crippen molar-refractivity contribution in [1.29, 1.82) is 0 Å². The second-order valence-corrected chi connectivity index (χ2v) is 4.65. The van der Waals surface area contributed by atoms with Gasteiger partial charge in [-0.3, -0.25) is 0 Å². The molecule has 0 atom stereocenters. The van der Waals surface area contributed by atoms with Gasteiger partial charge in [0.25, 0.3) is 0 Å². The molecule has 0 saturated carbocycles. The van der Waals surface area contributed by atoms with E-state index in [9.17, 15) is 4.39 Å². The third-order valence-electron chi connectivity index (χ3n) is 2.87. The molecule has 0 fully saturated rings. The van der Waals surface area contributed by atoms with E-state index in [1.165, 1.54) is 12.1 Å². The number of rotatable bonds is 3. The minimum Gasteiger partial charge on any atom is -0.487 e. The minimum atomic E-state index is -0.273. The molecule has 2 aromatic carbocycles. The van der Waals surface area contributed by atoms with Gasteiger partial charge in [0.2, 0.25) is 0 Å². The Hall–Kier alpha value is -2.00. The van der Waals surface area contributed by atoms with Crippen molar-refractivity contribution in [3.63, 3.8) is 0 Å². The molecular weight excluding hydrogens is 265 g/mol. The summed E-state index contributed by atoms with van der Waals surface area (Å²) in [6.45, 7) is 0.386. The van der Waals surface area contributed by atoms with E-state index in [4.69, 9.17) is 16.3 Å². The fourth-order valence-electron chi connectivity index (χ4n) is 1.95. The van der Waals surface area contributed by atoms with E-state index in [2.05, 4.69) is 4.98 Å². The summed E-state index contributed by atoms with van der Waals surface area (Å²) in [6, 6.07) is 13.7. The molecule has 0 bridgehead atoms. The van der Waals surface area contributed by atoms with Crippen molar-refractivity contribution in [2.75, 3.05) is 0 Å². The number of hydrogen-bond acceptors (Lipinski definition) is 1. The molecule has 3 rings (SSSR count). The van der Waals surface area contributed by atoms with Crippen molar-refractivity contribution in [2.45, 2.75) is 6.61 Å². The van der Waals surface area contributed by atoms with Crippen molar-refractivity contribution in [3.8, 4) is 5.75 Å². The third-order valence-corrected chi connectivity index (χ3v) is 3.18. The quantitative estimate of drug-likeness (QED) is 0.746. The molecule has 96 valence electrons. The summed E-state index contributed by atoms with van der Waals surface area (Å²) in [5.74, 6) is 0.357. The fraction of sp³-hybridized carbons (Fsp3) is 0.0667. The van der Waals surface area contributed by atoms with E-state index in [1.807, 2.05) is 24.3 Å². The maximum absolute atomic E-state index is 12.8. The number of hydrogen-bond donors (Lipinski definition) is 1. The Labute approximate surface area is 114 Å². The van der Waals surface area contributed by atoms with Gasteiger partial charge in [0.1, 0.15) is 18.2 Å². The normalized spacial score (nSPS) is 10.8. The number of ether oxygens (including phenoxy) is 1. The average molecular weight is 276 g/mol. The van der Waals surface area contributed by atoms with Crippen LogP contribution in [0.25, 0.3) is 10.9 Å². The van der Waals surface area contributed by atoms with E-state index in [0.717, 1.165) is 16.6 Å². The van der Waals surface area contributed by atoms with Gasteiger partial charge >= 0.3 is 0 Å². The zero-order valence-corrected chi connectivity index (χ0v) is 10.7. The largest absolute Gasteiger partial charge is 0.487 e. The van der Waals surface area contributed by atoms with Crippen molar-refractivity contribution in [2.24, 2.45) is 0 Å². The SMILES string of the molecule is Fc1ccc(OCc2cc3cccc(Cl)c3[nH]2)cc1. The molecule has 19 heavy (non-hydrogen) atoms. The molecule has 0 aliphatic heterocycles. The van der Waals surface area contributed by atoms with Crippen LogP contribution in [0.15, 0.2) is 48.5 Å². The summed E-state index contributed by atoms with van der Waals surface area (Å²) in [5, 5.41) is 1.73. The van der Waals surface area contributed by atoms with Crippen molar-refractivity contribution in [1.82, 2.24) is 4.98 Å². The molecule has 0 spiro atoms. The molecule has 1 aromatic heterocycles. The number of para-hydroxylation sites is 1. The van der Waals surface area contributed by atoms with Gasteiger partial charge in [-0.25, -0.2) is 4.39 Å². The van der Waals surface area contributed by atoms with Crippen LogP contribution in [0.2, 0.25) is 5.02 Å². The Morgan fingerprint density at radius 1 is 1.11 bits per heavy atom. The molecule has 0 aliphatic rings. The number of H-pyrrole nitrogens is 1. The number of nitrogens with one attached hydrogen (secondary N) is 1. The van der Waals surface area contributed by atoms with Gasteiger partial charge in [-0.2, -0.15) is 0 Å². The Balaban J connectivity index is 1.78. The Morgan fingerprint density at radius 2 is 1.89 bits per heavy atom. The van der Waals surface area contributed by atoms with Crippen molar-refractivity contribution in [3.05, 3.63) is 65.1 Å². The van der Waals surface area contributed by atoms with E-state index >= 15 is 0 Å². The highest BCUT2D eigenvalue weighted by atomic mass is 35.5. The van der Waals surface area contributed by atoms with Crippen molar-refractivity contribution < 1.29 is 9.13 Å². The Bertz CT molecular complexity index is 706. The lowest BCUT2D eigenvalue weighted by molar-refractivity contribution is 0.302. The summed E-state index contributed by atoms with van der Waals surface area (Å²) in [7, 11) is 0. The van der Waals surface area contributed by atoms with Gasteiger partial charge in [0, 0.05) is 5.39 Å². The predicted molar refractivity (Wildman–Crippen MR) is 74.0 cm³/mol. The van der Waals surface area contributed by atoms with E-state index < -0.39 is 0 Å². The predicted octanol–water partition coefficient (Wildman–Crippen LogP) is 4.54. The van der Waals surface area contributed by atoms with Crippen LogP contribution >= 0.6 is 11.6 Å². The lowest BCUT2D eigenvalue weighted by Crippen LogP contribution is -1.95. The zero-order valence-electron chi connectivity index (χ0n) is 9.99. The Kier molecular flexibility index (Phi) is 3.13. The van der Waals surface area contributed by atoms with Gasteiger partial charge in [-0.05, 0) is 36.4 Å². The zero-order chi connectivity index (χ0) is 13.2. The third kappa shape index (κ3) is 2.56. The number of aromatic nitrogens is 1. The minimum absolute atomic E-state index is 0.273. The summed E-state index contributed by atoms with van der Waals surface area (Å²) in [6.07, 6.45) is 0. The molecule has 1 N–H and O–H groups in total. The van der Waals surface area contributed by atoms with Crippen LogP contribution in [0.1, 0.15) is 5.69 Å². The molecule has 0 saturated heterocycles. The maximum Gasteiger partial charge on any atom is 0.128 e. The van der Waals surface area contributed by atoms with Crippen LogP contribution < -0.4 is 4.74 Å². The first-order valence-corrected chi connectivity index (χ1v) is 6.25. The van der Waals surface area contributed by atoms with Gasteiger partial charge in [0.05, 0.1) is 16.2 Å². The molecule has 4 heteroatoms. The van der Waals surface area contributed by atoms with Crippen LogP contribution in [0.5, 0.6) is 5.75 Å². The average Bonchev–Trinajstić information content (AvgIpc) is 2.83. The molecule has 3 aromatic rings. The first kappa shape index (κ1) is 12.1. The van der Waals surface area contributed by atoms with Crippen LogP contribution in [0.4, 0.5) is 4.39 Å². The topological polar surface area (TPSA) is 25.0 Å². The highest BCUT2D eigenvalue weighted by molar-refractivity contribution is 6.35. The van der Waals surface area contributed by atoms with Gasteiger partial charge < -0.3 is 9.72 Å². The van der Waals surface area contributed by atoms with E-state index in [-0.39, 0.29) is 5.82 Å². The molecule has 0 radical (unpaired) electrons. The van der Waals surface area contributed by atoms with Crippen LogP contribution in [-0.2, 0) is 6.61 Å². The fourth-order valence-corrected chi connectivity index (χ4v) is 2.18. The number of benzene rings is 2. The second kappa shape index (κ2) is 4.94. The molecular formula is C15H11ClFNO. The summed E-state index contributed by atoms with van der Waals surface area (Å²) in [5.41, 5.74) is 1.83. The number of fused-ring (bicyclic) bond motifs is 1. The first-order valence-electron chi connectivity index (χ1n) is 5.87. The van der Waals surface area contributed by atoms with Crippen LogP contribution in [0.3, 0.4) is 0 Å². The maximum atomic E-state index is 12.8. The highest BCUT2D eigenvalue weighted by Gasteiger charge is 2.04. The van der Waals surface area contributed by atoms with Gasteiger partial charge in [-0.1, -0.05) is 23.7 Å². The van der Waals surface area contributed by atoms with Gasteiger partial charge in [-0.15, -0.1) is 0 Å². The summed E-state index contributed by atoms with van der Waals surface area (Å²) < 4.78 is 18.3. The summed E-state index contributed by atoms with van der Waals surface area (Å²) >= 11 is 6.09. The number of aromatic amines is 1. The number of halogens is 2. The lowest BCUT2D eigenvalue weighted by atomic mass is 10.2. The molecule has 2 nitrogen and oxygen atoms in total. The second-order valence-electron chi connectivity index (χ2n) is 4.24. The lowest BCUT2D eigenvalue weighted by Gasteiger charge is -2.04. The Morgan fingerprint density at radius 3 is 2.63 bits per heavy atom. The monoisotopic (exact) mass is 275 g/mol. The molecule has 0 unspecified atom stereocenters. The van der Waals surface area contributed by atoms with Crippen LogP contribution in [0, 0.1) is 5.82 Å². The molecule has 1 heterocycles. The highest BCUT2D eigenvalue weighted by Crippen LogP contribution is 2.24. The first-order chi connectivity index (χ1) is 9.22. The molecule has 0 amide bonds. The smallest absolute Gasteiger partial charge is 0.128 e.